The average molecular weight is 358 g/mol. The fourth-order valence-electron chi connectivity index (χ4n) is 2.54. The molecule has 0 fully saturated rings. The Bertz CT molecular complexity index is 886. The van der Waals surface area contributed by atoms with Crippen molar-refractivity contribution in [1.29, 1.82) is 0 Å². The Balaban J connectivity index is 1.56. The Kier molecular flexibility index (Phi) is 6.36. The van der Waals surface area contributed by atoms with Crippen LogP contribution >= 0.6 is 0 Å². The highest BCUT2D eigenvalue weighted by Crippen LogP contribution is 2.19. The van der Waals surface area contributed by atoms with E-state index < -0.39 is 0 Å². The van der Waals surface area contributed by atoms with Gasteiger partial charge < -0.3 is 4.74 Å². The molecule has 0 atom stereocenters. The van der Waals surface area contributed by atoms with E-state index >= 15 is 0 Å². The van der Waals surface area contributed by atoms with E-state index in [1.165, 1.54) is 0 Å². The molecule has 1 amide bonds. The van der Waals surface area contributed by atoms with Crippen molar-refractivity contribution >= 4 is 12.1 Å². The number of carbonyl (C=O) groups is 1. The molecule has 0 unspecified atom stereocenters. The Labute approximate surface area is 159 Å². The molecule has 3 aromatic carbocycles. The van der Waals surface area contributed by atoms with Crippen LogP contribution in [0.4, 0.5) is 0 Å². The van der Waals surface area contributed by atoms with E-state index in [9.17, 15) is 4.79 Å². The van der Waals surface area contributed by atoms with Gasteiger partial charge in [0.2, 0.25) is 0 Å². The Morgan fingerprint density at radius 3 is 2.26 bits per heavy atom. The van der Waals surface area contributed by atoms with E-state index in [1.54, 1.807) is 18.3 Å². The second-order valence-electron chi connectivity index (χ2n) is 6.06. The lowest BCUT2D eigenvalue weighted by molar-refractivity contribution is 0.0955. The fourth-order valence-corrected chi connectivity index (χ4v) is 2.54. The zero-order chi connectivity index (χ0) is 18.9. The predicted molar refractivity (Wildman–Crippen MR) is 109 cm³/mol. The number of carbonyl (C=O) groups excluding carboxylic acids is 1. The molecule has 0 heterocycles. The van der Waals surface area contributed by atoms with Crippen LogP contribution in [0, 0.1) is 0 Å². The van der Waals surface area contributed by atoms with Crippen LogP contribution in [0.15, 0.2) is 84.0 Å². The number of hydrogen-bond acceptors (Lipinski definition) is 3. The van der Waals surface area contributed by atoms with E-state index in [0.717, 1.165) is 28.9 Å². The van der Waals surface area contributed by atoms with Gasteiger partial charge in [0.15, 0.2) is 0 Å². The summed E-state index contributed by atoms with van der Waals surface area (Å²) in [7, 11) is 0. The van der Waals surface area contributed by atoms with Gasteiger partial charge in [0.25, 0.3) is 5.91 Å². The van der Waals surface area contributed by atoms with Crippen molar-refractivity contribution in [2.45, 2.75) is 13.3 Å². The largest absolute Gasteiger partial charge is 0.494 e. The molecule has 0 aromatic heterocycles. The minimum atomic E-state index is -0.242. The number of hydrogen-bond donors (Lipinski definition) is 1. The molecule has 0 aliphatic rings. The van der Waals surface area contributed by atoms with Gasteiger partial charge in [0.1, 0.15) is 5.75 Å². The molecule has 1 N–H and O–H groups in total. The van der Waals surface area contributed by atoms with Crippen LogP contribution in [-0.4, -0.2) is 18.7 Å². The molecule has 3 aromatic rings. The third-order valence-electron chi connectivity index (χ3n) is 3.99. The normalized spacial score (nSPS) is 10.7. The lowest BCUT2D eigenvalue weighted by Crippen LogP contribution is -2.17. The van der Waals surface area contributed by atoms with Gasteiger partial charge >= 0.3 is 0 Å². The zero-order valence-corrected chi connectivity index (χ0v) is 15.3. The quantitative estimate of drug-likeness (QED) is 0.482. The number of benzene rings is 3. The molecule has 0 saturated heterocycles. The molecule has 0 bridgehead atoms. The van der Waals surface area contributed by atoms with Crippen molar-refractivity contribution in [1.82, 2.24) is 5.43 Å². The maximum Gasteiger partial charge on any atom is 0.271 e. The second-order valence-corrected chi connectivity index (χ2v) is 6.06. The second kappa shape index (κ2) is 9.34. The highest BCUT2D eigenvalue weighted by Gasteiger charge is 2.04. The van der Waals surface area contributed by atoms with Crippen molar-refractivity contribution in [3.8, 4) is 16.9 Å². The number of ether oxygens (including phenoxy) is 1. The summed E-state index contributed by atoms with van der Waals surface area (Å²) >= 11 is 0. The standard InChI is InChI=1S/C23H22N2O2/c1-2-16-27-22-14-8-18(9-15-22)17-24-25-23(26)21-12-10-20(11-13-21)19-6-4-3-5-7-19/h3-15,17H,2,16H2,1H3,(H,25,26). The smallest absolute Gasteiger partial charge is 0.271 e. The van der Waals surface area contributed by atoms with Crippen LogP contribution in [0.25, 0.3) is 11.1 Å². The minimum absolute atomic E-state index is 0.242. The number of hydrazone groups is 1. The summed E-state index contributed by atoms with van der Waals surface area (Å²) in [4.78, 5) is 12.2. The van der Waals surface area contributed by atoms with Crippen LogP contribution in [0.5, 0.6) is 5.75 Å². The predicted octanol–water partition coefficient (Wildman–Crippen LogP) is 4.91. The Morgan fingerprint density at radius 2 is 1.59 bits per heavy atom. The van der Waals surface area contributed by atoms with Gasteiger partial charge in [-0.15, -0.1) is 0 Å². The van der Waals surface area contributed by atoms with E-state index in [4.69, 9.17) is 4.74 Å². The summed E-state index contributed by atoms with van der Waals surface area (Å²) in [5.41, 5.74) is 6.20. The van der Waals surface area contributed by atoms with Crippen LogP contribution in [-0.2, 0) is 0 Å². The topological polar surface area (TPSA) is 50.7 Å². The Hall–Kier alpha value is -3.40. The van der Waals surface area contributed by atoms with Gasteiger partial charge in [-0.05, 0) is 59.5 Å². The summed E-state index contributed by atoms with van der Waals surface area (Å²) in [6.07, 6.45) is 2.58. The van der Waals surface area contributed by atoms with Gasteiger partial charge in [0.05, 0.1) is 12.8 Å². The number of nitrogens with one attached hydrogen (secondary N) is 1. The molecule has 4 heteroatoms. The van der Waals surface area contributed by atoms with Crippen LogP contribution in [0.2, 0.25) is 0 Å². The first-order chi connectivity index (χ1) is 13.3. The van der Waals surface area contributed by atoms with Gasteiger partial charge in [0, 0.05) is 5.56 Å². The summed E-state index contributed by atoms with van der Waals surface area (Å²) in [5, 5.41) is 4.02. The SMILES string of the molecule is CCCOc1ccc(C=NNC(=O)c2ccc(-c3ccccc3)cc2)cc1. The van der Waals surface area contributed by atoms with Crippen molar-refractivity contribution in [3.63, 3.8) is 0 Å². The summed E-state index contributed by atoms with van der Waals surface area (Å²) in [6, 6.07) is 25.1. The average Bonchev–Trinajstić information content (AvgIpc) is 2.74. The summed E-state index contributed by atoms with van der Waals surface area (Å²) < 4.78 is 5.54. The van der Waals surface area contributed by atoms with Crippen molar-refractivity contribution < 1.29 is 9.53 Å². The first-order valence-corrected chi connectivity index (χ1v) is 8.98. The summed E-state index contributed by atoms with van der Waals surface area (Å²) in [6.45, 7) is 2.77. The highest BCUT2D eigenvalue weighted by atomic mass is 16.5. The summed E-state index contributed by atoms with van der Waals surface area (Å²) in [5.74, 6) is 0.588. The maximum atomic E-state index is 12.2. The van der Waals surface area contributed by atoms with Crippen molar-refractivity contribution in [2.24, 2.45) is 5.10 Å². The molecule has 0 aliphatic heterocycles. The molecule has 0 spiro atoms. The highest BCUT2D eigenvalue weighted by molar-refractivity contribution is 5.95. The lowest BCUT2D eigenvalue weighted by atomic mass is 10.0. The van der Waals surface area contributed by atoms with E-state index in [0.29, 0.717) is 12.2 Å². The van der Waals surface area contributed by atoms with Crippen molar-refractivity contribution in [3.05, 3.63) is 90.0 Å². The van der Waals surface area contributed by atoms with E-state index in [2.05, 4.69) is 17.5 Å². The fraction of sp³-hybridized carbons (Fsp3) is 0.130. The monoisotopic (exact) mass is 358 g/mol. The van der Waals surface area contributed by atoms with Gasteiger partial charge in [-0.2, -0.15) is 5.10 Å². The first kappa shape index (κ1) is 18.4. The molecule has 0 saturated carbocycles. The third kappa shape index (κ3) is 5.28. The molecule has 3 rings (SSSR count). The van der Waals surface area contributed by atoms with Gasteiger partial charge in [-0.3, -0.25) is 4.79 Å². The van der Waals surface area contributed by atoms with Gasteiger partial charge in [-0.25, -0.2) is 5.43 Å². The molecular formula is C23H22N2O2. The molecule has 4 nitrogen and oxygen atoms in total. The van der Waals surface area contributed by atoms with E-state index in [-0.39, 0.29) is 5.91 Å². The molecule has 136 valence electrons. The maximum absolute atomic E-state index is 12.2. The molecule has 27 heavy (non-hydrogen) atoms. The minimum Gasteiger partial charge on any atom is -0.494 e. The van der Waals surface area contributed by atoms with Crippen LogP contribution in [0.1, 0.15) is 29.3 Å². The number of rotatable bonds is 7. The first-order valence-electron chi connectivity index (χ1n) is 8.98. The number of amides is 1. The van der Waals surface area contributed by atoms with Crippen LogP contribution < -0.4 is 10.2 Å². The van der Waals surface area contributed by atoms with Gasteiger partial charge in [-0.1, -0.05) is 49.4 Å². The zero-order valence-electron chi connectivity index (χ0n) is 15.3. The van der Waals surface area contributed by atoms with Crippen LogP contribution in [0.3, 0.4) is 0 Å². The molecule has 0 aliphatic carbocycles. The van der Waals surface area contributed by atoms with Crippen molar-refractivity contribution in [2.75, 3.05) is 6.61 Å². The van der Waals surface area contributed by atoms with E-state index in [1.807, 2.05) is 66.7 Å². The molecule has 0 radical (unpaired) electrons. The number of nitrogens with zero attached hydrogens (tertiary/aromatic N) is 1. The lowest BCUT2D eigenvalue weighted by Gasteiger charge is -2.04. The molecular weight excluding hydrogens is 336 g/mol. The third-order valence-corrected chi connectivity index (χ3v) is 3.99. The Morgan fingerprint density at radius 1 is 0.926 bits per heavy atom.